The monoisotopic (exact) mass is 396 g/mol. The quantitative estimate of drug-likeness (QED) is 0.641. The Balaban J connectivity index is 1.80. The molecule has 1 N–H and O–H groups in total. The number of hydrogen-bond acceptors (Lipinski definition) is 3. The van der Waals surface area contributed by atoms with Crippen molar-refractivity contribution >= 4 is 23.0 Å². The van der Waals surface area contributed by atoms with Crippen LogP contribution in [-0.4, -0.2) is 28.4 Å². The topological polar surface area (TPSA) is 42.3 Å². The Hall–Kier alpha value is -2.77. The van der Waals surface area contributed by atoms with Crippen molar-refractivity contribution < 1.29 is 9.13 Å². The molecule has 144 valence electrons. The average molecular weight is 396 g/mol. The molecule has 3 aromatic rings. The van der Waals surface area contributed by atoms with Gasteiger partial charge in [-0.15, -0.1) is 0 Å². The molecule has 0 amide bonds. The molecule has 0 unspecified atom stereocenters. The standard InChI is InChI=1S/C21H21FN4OS/c1-27-14-13-25-12-4-6-18(25)20-19(17-5-2-3-11-23-17)24-21(28)26(20)16-9-7-15(22)8-10-16/h2-12,19-20H,13-14H2,1H3,(H,24,28)/t19-,20-/m1/s1. The van der Waals surface area contributed by atoms with Crippen molar-refractivity contribution in [2.45, 2.75) is 18.6 Å². The maximum atomic E-state index is 13.5. The van der Waals surface area contributed by atoms with E-state index in [9.17, 15) is 4.39 Å². The molecule has 1 saturated heterocycles. The Bertz CT molecular complexity index is 945. The van der Waals surface area contributed by atoms with Gasteiger partial charge in [0.25, 0.3) is 0 Å². The van der Waals surface area contributed by atoms with E-state index in [2.05, 4.69) is 20.9 Å². The smallest absolute Gasteiger partial charge is 0.174 e. The molecule has 7 heteroatoms. The number of methoxy groups -OCH3 is 1. The number of ether oxygens (including phenoxy) is 1. The lowest BCUT2D eigenvalue weighted by Gasteiger charge is -2.29. The lowest BCUT2D eigenvalue weighted by Crippen LogP contribution is -2.30. The lowest BCUT2D eigenvalue weighted by molar-refractivity contribution is 0.186. The minimum absolute atomic E-state index is 0.125. The second-order valence-electron chi connectivity index (χ2n) is 6.59. The van der Waals surface area contributed by atoms with Gasteiger partial charge >= 0.3 is 0 Å². The molecule has 0 saturated carbocycles. The highest BCUT2D eigenvalue weighted by atomic mass is 32.1. The van der Waals surface area contributed by atoms with Crippen LogP contribution in [0, 0.1) is 5.82 Å². The molecule has 2 atom stereocenters. The second-order valence-corrected chi connectivity index (χ2v) is 6.98. The van der Waals surface area contributed by atoms with E-state index in [0.29, 0.717) is 11.7 Å². The molecule has 2 aromatic heterocycles. The SMILES string of the molecule is COCCn1cccc1[C@@H]1[C@@H](c2ccccn2)NC(=S)N1c1ccc(F)cc1. The summed E-state index contributed by atoms with van der Waals surface area (Å²) in [6.45, 7) is 1.34. The summed E-state index contributed by atoms with van der Waals surface area (Å²) < 4.78 is 20.9. The third kappa shape index (κ3) is 3.50. The molecular weight excluding hydrogens is 375 g/mol. The zero-order valence-electron chi connectivity index (χ0n) is 15.5. The maximum absolute atomic E-state index is 13.5. The van der Waals surface area contributed by atoms with Crippen LogP contribution in [0.3, 0.4) is 0 Å². The first-order valence-corrected chi connectivity index (χ1v) is 9.50. The molecule has 1 aliphatic heterocycles. The van der Waals surface area contributed by atoms with Gasteiger partial charge in [-0.3, -0.25) is 4.98 Å². The first kappa shape index (κ1) is 18.6. The van der Waals surface area contributed by atoms with Crippen LogP contribution in [0.15, 0.2) is 67.0 Å². The maximum Gasteiger partial charge on any atom is 0.174 e. The van der Waals surface area contributed by atoms with Gasteiger partial charge in [0.15, 0.2) is 5.11 Å². The number of halogens is 1. The normalized spacial score (nSPS) is 19.1. The van der Waals surface area contributed by atoms with Crippen molar-refractivity contribution in [3.05, 3.63) is 84.2 Å². The fraction of sp³-hybridized carbons (Fsp3) is 0.238. The van der Waals surface area contributed by atoms with E-state index >= 15 is 0 Å². The van der Waals surface area contributed by atoms with E-state index < -0.39 is 0 Å². The fourth-order valence-corrected chi connectivity index (χ4v) is 3.97. The molecule has 3 heterocycles. The van der Waals surface area contributed by atoms with Crippen LogP contribution in [0.5, 0.6) is 0 Å². The summed E-state index contributed by atoms with van der Waals surface area (Å²) >= 11 is 5.67. The molecule has 0 bridgehead atoms. The van der Waals surface area contributed by atoms with E-state index in [1.165, 1.54) is 12.1 Å². The summed E-state index contributed by atoms with van der Waals surface area (Å²) in [7, 11) is 1.69. The lowest BCUT2D eigenvalue weighted by atomic mass is 10.0. The van der Waals surface area contributed by atoms with Crippen LogP contribution >= 0.6 is 12.2 Å². The third-order valence-electron chi connectivity index (χ3n) is 4.91. The second kappa shape index (κ2) is 8.08. The Kier molecular flexibility index (Phi) is 5.36. The number of benzene rings is 1. The summed E-state index contributed by atoms with van der Waals surface area (Å²) in [5.41, 5.74) is 2.82. The molecule has 0 spiro atoms. The zero-order valence-corrected chi connectivity index (χ0v) is 16.3. The predicted molar refractivity (Wildman–Crippen MR) is 111 cm³/mol. The molecule has 0 aliphatic carbocycles. The molecule has 1 fully saturated rings. The van der Waals surface area contributed by atoms with Gasteiger partial charge in [-0.25, -0.2) is 4.39 Å². The van der Waals surface area contributed by atoms with Gasteiger partial charge in [-0.2, -0.15) is 0 Å². The van der Waals surface area contributed by atoms with Gasteiger partial charge in [-0.1, -0.05) is 6.07 Å². The van der Waals surface area contributed by atoms with Crippen LogP contribution in [0.2, 0.25) is 0 Å². The number of thiocarbonyl (C=S) groups is 1. The van der Waals surface area contributed by atoms with Gasteiger partial charge < -0.3 is 19.5 Å². The number of nitrogens with zero attached hydrogens (tertiary/aromatic N) is 3. The van der Waals surface area contributed by atoms with Crippen LogP contribution in [-0.2, 0) is 11.3 Å². The van der Waals surface area contributed by atoms with Gasteiger partial charge in [-0.05, 0) is 60.7 Å². The summed E-state index contributed by atoms with van der Waals surface area (Å²) in [5.74, 6) is -0.275. The molecule has 1 aliphatic rings. The largest absolute Gasteiger partial charge is 0.383 e. The first-order chi connectivity index (χ1) is 13.7. The minimum atomic E-state index is -0.275. The van der Waals surface area contributed by atoms with E-state index in [1.807, 2.05) is 35.4 Å². The summed E-state index contributed by atoms with van der Waals surface area (Å²) in [4.78, 5) is 6.58. The number of nitrogens with one attached hydrogen (secondary N) is 1. The molecule has 1 aromatic carbocycles. The zero-order chi connectivity index (χ0) is 19.5. The van der Waals surface area contributed by atoms with Gasteiger partial charge in [0.2, 0.25) is 0 Å². The van der Waals surface area contributed by atoms with E-state index in [1.54, 1.807) is 25.4 Å². The van der Waals surface area contributed by atoms with Crippen LogP contribution in [0.4, 0.5) is 10.1 Å². The van der Waals surface area contributed by atoms with Crippen LogP contribution in [0.1, 0.15) is 23.5 Å². The van der Waals surface area contributed by atoms with Crippen molar-refractivity contribution in [2.24, 2.45) is 0 Å². The number of anilines is 1. The highest BCUT2D eigenvalue weighted by Gasteiger charge is 2.41. The molecule has 28 heavy (non-hydrogen) atoms. The number of hydrogen-bond donors (Lipinski definition) is 1. The third-order valence-corrected chi connectivity index (χ3v) is 5.22. The predicted octanol–water partition coefficient (Wildman–Crippen LogP) is 3.85. The fourth-order valence-electron chi connectivity index (χ4n) is 3.62. The summed E-state index contributed by atoms with van der Waals surface area (Å²) in [6.07, 6.45) is 3.82. The van der Waals surface area contributed by atoms with Crippen molar-refractivity contribution in [1.29, 1.82) is 0 Å². The highest BCUT2D eigenvalue weighted by Crippen LogP contribution is 2.41. The number of rotatable bonds is 6. The highest BCUT2D eigenvalue weighted by molar-refractivity contribution is 7.80. The van der Waals surface area contributed by atoms with E-state index in [-0.39, 0.29) is 17.9 Å². The van der Waals surface area contributed by atoms with E-state index in [0.717, 1.165) is 23.6 Å². The van der Waals surface area contributed by atoms with Crippen LogP contribution < -0.4 is 10.2 Å². The van der Waals surface area contributed by atoms with Crippen LogP contribution in [0.25, 0.3) is 0 Å². The van der Waals surface area contributed by atoms with Crippen molar-refractivity contribution in [3.63, 3.8) is 0 Å². The number of aromatic nitrogens is 2. The van der Waals surface area contributed by atoms with Gasteiger partial charge in [0.05, 0.1) is 18.3 Å². The molecule has 0 radical (unpaired) electrons. The van der Waals surface area contributed by atoms with Crippen molar-refractivity contribution in [2.75, 3.05) is 18.6 Å². The van der Waals surface area contributed by atoms with Gasteiger partial charge in [0, 0.05) is 37.4 Å². The average Bonchev–Trinajstić information content (AvgIpc) is 3.31. The first-order valence-electron chi connectivity index (χ1n) is 9.09. The Morgan fingerprint density at radius 2 is 1.96 bits per heavy atom. The summed E-state index contributed by atoms with van der Waals surface area (Å²) in [5, 5.41) is 4.00. The Morgan fingerprint density at radius 1 is 1.14 bits per heavy atom. The Labute approximate surface area is 168 Å². The van der Waals surface area contributed by atoms with E-state index in [4.69, 9.17) is 17.0 Å². The number of pyridine rings is 1. The molecule has 4 rings (SSSR count). The van der Waals surface area contributed by atoms with Crippen molar-refractivity contribution in [3.8, 4) is 0 Å². The summed E-state index contributed by atoms with van der Waals surface area (Å²) in [6, 6.07) is 16.1. The van der Waals surface area contributed by atoms with Crippen molar-refractivity contribution in [1.82, 2.24) is 14.9 Å². The Morgan fingerprint density at radius 3 is 2.68 bits per heavy atom. The van der Waals surface area contributed by atoms with Gasteiger partial charge in [0.1, 0.15) is 11.9 Å². The minimum Gasteiger partial charge on any atom is -0.383 e. The molecule has 5 nitrogen and oxygen atoms in total. The molecular formula is C21H21FN4OS.